The van der Waals surface area contributed by atoms with Crippen molar-refractivity contribution in [2.75, 3.05) is 27.9 Å². The molecule has 3 heterocycles. The number of piperidine rings is 1. The van der Waals surface area contributed by atoms with Gasteiger partial charge in [0.2, 0.25) is 0 Å². The molecule has 1 spiro atoms. The second-order valence-corrected chi connectivity index (χ2v) is 8.56. The number of hydrogen-bond donors (Lipinski definition) is 0. The topological polar surface area (TPSA) is 40.2 Å². The van der Waals surface area contributed by atoms with Gasteiger partial charge < -0.3 is 18.9 Å². The van der Waals surface area contributed by atoms with Crippen molar-refractivity contribution in [1.29, 1.82) is 0 Å². The molecule has 0 bridgehead atoms. The fourth-order valence-electron chi connectivity index (χ4n) is 4.65. The van der Waals surface area contributed by atoms with E-state index in [1.165, 1.54) is 16.0 Å². The van der Waals surface area contributed by atoms with Crippen molar-refractivity contribution in [3.63, 3.8) is 0 Å². The Kier molecular flexibility index (Phi) is 6.16. The molecule has 0 amide bonds. The van der Waals surface area contributed by atoms with Gasteiger partial charge in [0.05, 0.1) is 6.04 Å². The number of ether oxygens (including phenoxy) is 4. The monoisotopic (exact) mass is 403 g/mol. The van der Waals surface area contributed by atoms with Crippen LogP contribution in [0.5, 0.6) is 0 Å². The number of thiophene rings is 1. The Hall–Kier alpha value is -1.28. The quantitative estimate of drug-likeness (QED) is 0.687. The summed E-state index contributed by atoms with van der Waals surface area (Å²) in [6.07, 6.45) is 2.06. The number of rotatable bonds is 6. The lowest BCUT2D eigenvalue weighted by Gasteiger charge is -2.50. The molecule has 0 aliphatic carbocycles. The van der Waals surface area contributed by atoms with E-state index < -0.39 is 0 Å². The molecule has 0 N–H and O–H groups in total. The van der Waals surface area contributed by atoms with E-state index in [2.05, 4.69) is 46.7 Å². The van der Waals surface area contributed by atoms with Crippen molar-refractivity contribution >= 4 is 11.3 Å². The van der Waals surface area contributed by atoms with Gasteiger partial charge in [-0.25, -0.2) is 0 Å². The minimum absolute atomic E-state index is 0.0901. The van der Waals surface area contributed by atoms with Crippen LogP contribution in [0, 0.1) is 0 Å². The summed E-state index contributed by atoms with van der Waals surface area (Å²) in [4.78, 5) is 3.84. The van der Waals surface area contributed by atoms with Gasteiger partial charge in [0.25, 0.3) is 0 Å². The summed E-state index contributed by atoms with van der Waals surface area (Å²) in [7, 11) is 5.16. The Morgan fingerprint density at radius 3 is 2.68 bits per heavy atom. The summed E-state index contributed by atoms with van der Waals surface area (Å²) in [6, 6.07) is 12.9. The highest BCUT2D eigenvalue weighted by Gasteiger charge is 2.49. The molecule has 1 fully saturated rings. The van der Waals surface area contributed by atoms with Crippen LogP contribution in [0.2, 0.25) is 0 Å². The number of nitrogens with zero attached hydrogens (tertiary/aromatic N) is 1. The van der Waals surface area contributed by atoms with Gasteiger partial charge in [0.1, 0.15) is 5.60 Å². The smallest absolute Gasteiger partial charge is 0.172 e. The SMILES string of the molecule is COC1Cc2sccc2C2(CCN(Cc3ccccc3)C(C(OC)OC)C2)O1. The molecule has 6 heteroatoms. The Bertz CT molecular complexity index is 763. The van der Waals surface area contributed by atoms with E-state index >= 15 is 0 Å². The van der Waals surface area contributed by atoms with Gasteiger partial charge in [-0.05, 0) is 29.0 Å². The maximum atomic E-state index is 6.56. The van der Waals surface area contributed by atoms with Crippen molar-refractivity contribution < 1.29 is 18.9 Å². The summed E-state index contributed by atoms with van der Waals surface area (Å²) in [5.41, 5.74) is 2.27. The van der Waals surface area contributed by atoms with Crippen LogP contribution in [-0.4, -0.2) is 51.4 Å². The summed E-state index contributed by atoms with van der Waals surface area (Å²) in [5.74, 6) is 0. The number of likely N-dealkylation sites (tertiary alicyclic amines) is 1. The van der Waals surface area contributed by atoms with Gasteiger partial charge in [-0.1, -0.05) is 30.3 Å². The Morgan fingerprint density at radius 2 is 1.96 bits per heavy atom. The third-order valence-electron chi connectivity index (χ3n) is 6.03. The summed E-state index contributed by atoms with van der Waals surface area (Å²) < 4.78 is 23.6. The van der Waals surface area contributed by atoms with E-state index in [9.17, 15) is 0 Å². The molecule has 2 aliphatic heterocycles. The molecule has 28 heavy (non-hydrogen) atoms. The van der Waals surface area contributed by atoms with Crippen LogP contribution in [-0.2, 0) is 37.5 Å². The van der Waals surface area contributed by atoms with E-state index in [0.29, 0.717) is 0 Å². The zero-order chi connectivity index (χ0) is 19.6. The van der Waals surface area contributed by atoms with Crippen molar-refractivity contribution in [2.45, 2.75) is 50.0 Å². The first kappa shape index (κ1) is 20.0. The Balaban J connectivity index is 1.64. The second-order valence-electron chi connectivity index (χ2n) is 7.56. The molecule has 4 rings (SSSR count). The first-order valence-electron chi connectivity index (χ1n) is 9.80. The number of hydrogen-bond acceptors (Lipinski definition) is 6. The van der Waals surface area contributed by atoms with Crippen molar-refractivity contribution in [2.24, 2.45) is 0 Å². The summed E-state index contributed by atoms with van der Waals surface area (Å²) >= 11 is 1.80. The lowest BCUT2D eigenvalue weighted by atomic mass is 9.78. The number of methoxy groups -OCH3 is 3. The molecule has 3 unspecified atom stereocenters. The number of fused-ring (bicyclic) bond motifs is 2. The zero-order valence-corrected chi connectivity index (χ0v) is 17.6. The molecule has 5 nitrogen and oxygen atoms in total. The van der Waals surface area contributed by atoms with Gasteiger partial charge in [-0.15, -0.1) is 11.3 Å². The van der Waals surface area contributed by atoms with Crippen LogP contribution >= 0.6 is 11.3 Å². The highest BCUT2D eigenvalue weighted by Crippen LogP contribution is 2.47. The Morgan fingerprint density at radius 1 is 1.18 bits per heavy atom. The fraction of sp³-hybridized carbons (Fsp3) is 0.545. The van der Waals surface area contributed by atoms with E-state index in [0.717, 1.165) is 32.4 Å². The summed E-state index contributed by atoms with van der Waals surface area (Å²) in [5, 5.41) is 2.17. The van der Waals surface area contributed by atoms with E-state index in [-0.39, 0.29) is 24.2 Å². The van der Waals surface area contributed by atoms with Gasteiger partial charge in [0.15, 0.2) is 12.6 Å². The van der Waals surface area contributed by atoms with E-state index in [1.807, 2.05) is 0 Å². The van der Waals surface area contributed by atoms with E-state index in [4.69, 9.17) is 18.9 Å². The molecule has 2 aromatic rings. The predicted molar refractivity (Wildman–Crippen MR) is 109 cm³/mol. The van der Waals surface area contributed by atoms with Crippen LogP contribution in [0.15, 0.2) is 41.8 Å². The molecule has 3 atom stereocenters. The molecular weight excluding hydrogens is 374 g/mol. The third kappa shape index (κ3) is 3.77. The van der Waals surface area contributed by atoms with Crippen LogP contribution in [0.1, 0.15) is 28.8 Å². The number of benzene rings is 1. The van der Waals surface area contributed by atoms with Crippen molar-refractivity contribution in [3.8, 4) is 0 Å². The molecule has 0 saturated carbocycles. The first-order chi connectivity index (χ1) is 13.7. The van der Waals surface area contributed by atoms with Gasteiger partial charge in [-0.3, -0.25) is 4.90 Å². The van der Waals surface area contributed by atoms with Crippen LogP contribution < -0.4 is 0 Å². The zero-order valence-electron chi connectivity index (χ0n) is 16.8. The third-order valence-corrected chi connectivity index (χ3v) is 6.97. The predicted octanol–water partition coefficient (Wildman–Crippen LogP) is 3.77. The van der Waals surface area contributed by atoms with Crippen molar-refractivity contribution in [1.82, 2.24) is 4.90 Å². The normalized spacial score (nSPS) is 28.0. The fourth-order valence-corrected chi connectivity index (χ4v) is 5.63. The molecule has 1 saturated heterocycles. The highest BCUT2D eigenvalue weighted by atomic mass is 32.1. The lowest BCUT2D eigenvalue weighted by molar-refractivity contribution is -0.249. The molecule has 0 radical (unpaired) electrons. The first-order valence-corrected chi connectivity index (χ1v) is 10.7. The molecule has 152 valence electrons. The highest BCUT2D eigenvalue weighted by molar-refractivity contribution is 7.10. The van der Waals surface area contributed by atoms with Crippen molar-refractivity contribution in [3.05, 3.63) is 57.8 Å². The molecular formula is C22H29NO4S. The van der Waals surface area contributed by atoms with Crippen LogP contribution in [0.25, 0.3) is 0 Å². The van der Waals surface area contributed by atoms with Gasteiger partial charge >= 0.3 is 0 Å². The maximum absolute atomic E-state index is 6.56. The van der Waals surface area contributed by atoms with Crippen LogP contribution in [0.3, 0.4) is 0 Å². The second kappa shape index (κ2) is 8.61. The average Bonchev–Trinajstić information content (AvgIpc) is 3.21. The lowest BCUT2D eigenvalue weighted by Crippen LogP contribution is -2.57. The molecule has 2 aliphatic rings. The molecule has 1 aromatic heterocycles. The largest absolute Gasteiger partial charge is 0.355 e. The Labute approximate surface area is 171 Å². The van der Waals surface area contributed by atoms with Gasteiger partial charge in [0, 0.05) is 52.1 Å². The minimum atomic E-state index is -0.346. The standard InChI is InChI=1S/C22H29NO4S/c1-24-20-13-19-17(9-12-28-19)22(27-20)10-11-23(15-16-7-5-4-6-8-16)18(14-22)21(25-2)26-3/h4-9,12,18,20-21H,10-11,13-15H2,1-3H3. The molecule has 1 aromatic carbocycles. The summed E-state index contributed by atoms with van der Waals surface area (Å²) in [6.45, 7) is 1.78. The minimum Gasteiger partial charge on any atom is -0.355 e. The maximum Gasteiger partial charge on any atom is 0.172 e. The van der Waals surface area contributed by atoms with E-state index in [1.54, 1.807) is 32.7 Å². The van der Waals surface area contributed by atoms with Gasteiger partial charge in [-0.2, -0.15) is 0 Å². The van der Waals surface area contributed by atoms with Crippen LogP contribution in [0.4, 0.5) is 0 Å². The average molecular weight is 404 g/mol.